The Balaban J connectivity index is 1.47. The number of ketones is 1. The molecule has 0 amide bonds. The number of nitrogens with zero attached hydrogens (tertiary/aromatic N) is 6. The maximum absolute atomic E-state index is 13.9. The molecule has 6 aromatic rings. The van der Waals surface area contributed by atoms with Gasteiger partial charge in [0.25, 0.3) is 11.5 Å². The molecule has 0 radical (unpaired) electrons. The lowest BCUT2D eigenvalue weighted by molar-refractivity contribution is 0.0942. The number of halogens is 1. The number of carbonyl (C=O) groups is 2. The molecule has 224 valence electrons. The van der Waals surface area contributed by atoms with Crippen molar-refractivity contribution in [3.8, 4) is 28.3 Å². The first-order chi connectivity index (χ1) is 21.9. The minimum atomic E-state index is -0.495. The van der Waals surface area contributed by atoms with Gasteiger partial charge in [0.1, 0.15) is 17.3 Å². The minimum absolute atomic E-state index is 0.0129. The maximum atomic E-state index is 13.9. The fourth-order valence-corrected chi connectivity index (χ4v) is 5.66. The van der Waals surface area contributed by atoms with Gasteiger partial charge >= 0.3 is 0 Å². The van der Waals surface area contributed by atoms with E-state index >= 15 is 0 Å². The van der Waals surface area contributed by atoms with E-state index < -0.39 is 17.2 Å². The van der Waals surface area contributed by atoms with Crippen LogP contribution in [0.2, 0.25) is 4.34 Å². The van der Waals surface area contributed by atoms with E-state index in [1.165, 1.54) is 40.1 Å². The van der Waals surface area contributed by atoms with E-state index in [-0.39, 0.29) is 29.2 Å². The van der Waals surface area contributed by atoms with Crippen LogP contribution in [-0.4, -0.2) is 48.1 Å². The van der Waals surface area contributed by atoms with Gasteiger partial charge in [0.05, 0.1) is 41.4 Å². The van der Waals surface area contributed by atoms with Crippen LogP contribution < -0.4 is 15.6 Å². The third-order valence-corrected chi connectivity index (χ3v) is 7.99. The average molecular weight is 638 g/mol. The Morgan fingerprint density at radius 3 is 2.44 bits per heavy atom. The molecule has 13 heteroatoms. The normalized spacial score (nSPS) is 10.9. The van der Waals surface area contributed by atoms with E-state index in [0.29, 0.717) is 33.7 Å². The lowest BCUT2D eigenvalue weighted by Gasteiger charge is -2.11. The number of anilines is 1. The molecular weight excluding hydrogens is 614 g/mol. The third-order valence-electron chi connectivity index (χ3n) is 6.76. The van der Waals surface area contributed by atoms with Crippen molar-refractivity contribution in [3.05, 3.63) is 129 Å². The molecule has 0 aliphatic rings. The zero-order chi connectivity index (χ0) is 31.3. The number of methoxy groups -OCH3 is 1. The SMILES string of the molecule is COc1ccccc1C(=O)n1nc(-c2cc(-c3ccccn3)cn(CC(=O)c3ncccn3)c2=O)cc1NCc1ccc(Cl)s1. The number of aromatic nitrogens is 6. The summed E-state index contributed by atoms with van der Waals surface area (Å²) in [6.45, 7) is 0.0348. The van der Waals surface area contributed by atoms with E-state index in [9.17, 15) is 14.4 Å². The second kappa shape index (κ2) is 13.0. The van der Waals surface area contributed by atoms with Crippen molar-refractivity contribution in [2.75, 3.05) is 12.4 Å². The van der Waals surface area contributed by atoms with Crippen molar-refractivity contribution in [3.63, 3.8) is 0 Å². The molecule has 0 bridgehead atoms. The topological polar surface area (TPSA) is 134 Å². The molecule has 0 aliphatic heterocycles. The summed E-state index contributed by atoms with van der Waals surface area (Å²) in [5.41, 5.74) is 1.31. The van der Waals surface area contributed by atoms with Gasteiger partial charge in [-0.1, -0.05) is 29.8 Å². The standard InChI is InChI=1S/C32H24ClN7O4S/c1-44-27-9-3-2-7-22(27)32(43)40-29(37-17-21-10-11-28(33)45-21)16-25(38-40)23-15-20(24-8-4-5-12-34-24)18-39(31(23)42)19-26(41)30-35-13-6-14-36-30/h2-16,18,37H,17,19H2,1H3. The van der Waals surface area contributed by atoms with Crippen molar-refractivity contribution < 1.29 is 14.3 Å². The largest absolute Gasteiger partial charge is 0.496 e. The molecule has 0 aliphatic carbocycles. The van der Waals surface area contributed by atoms with E-state index in [4.69, 9.17) is 16.3 Å². The van der Waals surface area contributed by atoms with E-state index in [2.05, 4.69) is 25.4 Å². The van der Waals surface area contributed by atoms with Crippen LogP contribution in [0.4, 0.5) is 5.82 Å². The maximum Gasteiger partial charge on any atom is 0.283 e. The van der Waals surface area contributed by atoms with Gasteiger partial charge in [0.2, 0.25) is 5.78 Å². The van der Waals surface area contributed by atoms with Gasteiger partial charge in [-0.3, -0.25) is 19.4 Å². The van der Waals surface area contributed by atoms with Crippen LogP contribution in [-0.2, 0) is 13.1 Å². The summed E-state index contributed by atoms with van der Waals surface area (Å²) < 4.78 is 8.53. The molecule has 0 spiro atoms. The summed E-state index contributed by atoms with van der Waals surface area (Å²) in [5.74, 6) is -0.218. The van der Waals surface area contributed by atoms with Gasteiger partial charge in [-0.2, -0.15) is 9.78 Å². The highest BCUT2D eigenvalue weighted by molar-refractivity contribution is 7.16. The minimum Gasteiger partial charge on any atom is -0.496 e. The molecular formula is C32H24ClN7O4S. The number of hydrogen-bond donors (Lipinski definition) is 1. The summed E-state index contributed by atoms with van der Waals surface area (Å²) in [6, 6.07) is 20.7. The molecule has 1 N–H and O–H groups in total. The Bertz CT molecular complexity index is 2060. The van der Waals surface area contributed by atoms with Crippen molar-refractivity contribution in [1.82, 2.24) is 29.3 Å². The van der Waals surface area contributed by atoms with Gasteiger partial charge in [-0.25, -0.2) is 9.97 Å². The number of pyridine rings is 2. The third kappa shape index (κ3) is 6.42. The first-order valence-electron chi connectivity index (χ1n) is 13.6. The highest BCUT2D eigenvalue weighted by atomic mass is 35.5. The Labute approximate surface area is 265 Å². The second-order valence-corrected chi connectivity index (χ2v) is 11.5. The van der Waals surface area contributed by atoms with Crippen LogP contribution in [0.1, 0.15) is 25.9 Å². The quantitative estimate of drug-likeness (QED) is 0.194. The number of rotatable bonds is 10. The van der Waals surface area contributed by atoms with Crippen LogP contribution in [0.3, 0.4) is 0 Å². The van der Waals surface area contributed by atoms with Gasteiger partial charge in [0.15, 0.2) is 5.82 Å². The summed E-state index contributed by atoms with van der Waals surface area (Å²) in [7, 11) is 1.48. The van der Waals surface area contributed by atoms with Crippen LogP contribution >= 0.6 is 22.9 Å². The van der Waals surface area contributed by atoms with Gasteiger partial charge in [-0.05, 0) is 48.5 Å². The predicted molar refractivity (Wildman–Crippen MR) is 171 cm³/mol. The molecule has 5 aromatic heterocycles. The Kier molecular flexibility index (Phi) is 8.58. The summed E-state index contributed by atoms with van der Waals surface area (Å²) in [4.78, 5) is 54.2. The monoisotopic (exact) mass is 637 g/mol. The van der Waals surface area contributed by atoms with Crippen LogP contribution in [0.25, 0.3) is 22.5 Å². The summed E-state index contributed by atoms with van der Waals surface area (Å²) in [6.07, 6.45) is 6.12. The van der Waals surface area contributed by atoms with Crippen molar-refractivity contribution >= 4 is 40.4 Å². The van der Waals surface area contributed by atoms with Gasteiger partial charge in [-0.15, -0.1) is 11.3 Å². The molecule has 11 nitrogen and oxygen atoms in total. The molecule has 0 atom stereocenters. The number of carbonyl (C=O) groups excluding carboxylic acids is 2. The summed E-state index contributed by atoms with van der Waals surface area (Å²) >= 11 is 7.53. The number of benzene rings is 1. The van der Waals surface area contributed by atoms with Crippen molar-refractivity contribution in [1.29, 1.82) is 0 Å². The highest BCUT2D eigenvalue weighted by Crippen LogP contribution is 2.28. The van der Waals surface area contributed by atoms with Crippen molar-refractivity contribution in [2.45, 2.75) is 13.1 Å². The van der Waals surface area contributed by atoms with Gasteiger partial charge in [0, 0.05) is 41.3 Å². The Morgan fingerprint density at radius 2 is 1.71 bits per heavy atom. The smallest absolute Gasteiger partial charge is 0.283 e. The van der Waals surface area contributed by atoms with Crippen LogP contribution in [0, 0.1) is 0 Å². The number of Topliss-reactive ketones (excluding diaryl/α,β-unsaturated/α-hetero) is 1. The van der Waals surface area contributed by atoms with Crippen LogP contribution in [0.5, 0.6) is 5.75 Å². The number of hydrogen-bond acceptors (Lipinski definition) is 10. The molecule has 5 heterocycles. The number of para-hydroxylation sites is 1. The zero-order valence-corrected chi connectivity index (χ0v) is 25.3. The van der Waals surface area contributed by atoms with Crippen LogP contribution in [0.15, 0.2) is 102 Å². The fraction of sp³-hybridized carbons (Fsp3) is 0.0938. The average Bonchev–Trinajstić information content (AvgIpc) is 3.70. The molecule has 0 unspecified atom stereocenters. The number of thiophene rings is 1. The second-order valence-electron chi connectivity index (χ2n) is 9.68. The molecule has 6 rings (SSSR count). The molecule has 0 fully saturated rings. The fourth-order valence-electron chi connectivity index (χ4n) is 4.63. The van der Waals surface area contributed by atoms with Gasteiger partial charge < -0.3 is 14.6 Å². The molecule has 0 saturated carbocycles. The number of nitrogens with one attached hydrogen (secondary N) is 1. The summed E-state index contributed by atoms with van der Waals surface area (Å²) in [5, 5.41) is 7.86. The zero-order valence-electron chi connectivity index (χ0n) is 23.8. The van der Waals surface area contributed by atoms with Crippen molar-refractivity contribution in [2.24, 2.45) is 0 Å². The van der Waals surface area contributed by atoms with E-state index in [0.717, 1.165) is 4.88 Å². The first-order valence-corrected chi connectivity index (χ1v) is 14.8. The number of ether oxygens (including phenoxy) is 1. The van der Waals surface area contributed by atoms with E-state index in [1.54, 1.807) is 73.1 Å². The lowest BCUT2D eigenvalue weighted by atomic mass is 10.1. The Morgan fingerprint density at radius 1 is 0.933 bits per heavy atom. The molecule has 0 saturated heterocycles. The highest BCUT2D eigenvalue weighted by Gasteiger charge is 2.23. The molecule has 1 aromatic carbocycles. The predicted octanol–water partition coefficient (Wildman–Crippen LogP) is 5.47. The Hall–Kier alpha value is -5.46. The molecule has 45 heavy (non-hydrogen) atoms. The van der Waals surface area contributed by atoms with E-state index in [1.807, 2.05) is 12.1 Å². The first kappa shape index (κ1) is 29.6. The lowest BCUT2D eigenvalue weighted by Crippen LogP contribution is -2.26.